The maximum Gasteiger partial charge on any atom is 0.127 e. The van der Waals surface area contributed by atoms with Crippen LogP contribution in [-0.2, 0) is 6.42 Å². The third-order valence-corrected chi connectivity index (χ3v) is 1.22. The SMILES string of the molecule is CCCc1nccn1N. The van der Waals surface area contributed by atoms with Crippen LogP contribution in [0.3, 0.4) is 0 Å². The number of nitrogens with zero attached hydrogens (tertiary/aromatic N) is 2. The third kappa shape index (κ3) is 1.22. The van der Waals surface area contributed by atoms with Crippen LogP contribution >= 0.6 is 0 Å². The second-order valence-corrected chi connectivity index (χ2v) is 2.00. The summed E-state index contributed by atoms with van der Waals surface area (Å²) in [5.41, 5.74) is 0. The quantitative estimate of drug-likeness (QED) is 0.586. The fraction of sp³-hybridized carbons (Fsp3) is 0.500. The zero-order valence-corrected chi connectivity index (χ0v) is 5.54. The highest BCUT2D eigenvalue weighted by Gasteiger charge is 1.94. The van der Waals surface area contributed by atoms with Crippen molar-refractivity contribution in [1.29, 1.82) is 0 Å². The Morgan fingerprint density at radius 2 is 2.56 bits per heavy atom. The molecule has 2 N–H and O–H groups in total. The number of nitrogen functional groups attached to an aromatic ring is 1. The van der Waals surface area contributed by atoms with Crippen molar-refractivity contribution in [3.8, 4) is 0 Å². The van der Waals surface area contributed by atoms with Gasteiger partial charge in [0.2, 0.25) is 0 Å². The van der Waals surface area contributed by atoms with Crippen LogP contribution in [0.2, 0.25) is 0 Å². The van der Waals surface area contributed by atoms with E-state index in [1.807, 2.05) is 0 Å². The van der Waals surface area contributed by atoms with Gasteiger partial charge in [-0.15, -0.1) is 0 Å². The molecule has 0 bridgehead atoms. The summed E-state index contributed by atoms with van der Waals surface area (Å²) in [5, 5.41) is 0. The average Bonchev–Trinajstić information content (AvgIpc) is 2.18. The molecule has 1 aromatic heterocycles. The molecule has 1 heterocycles. The van der Waals surface area contributed by atoms with E-state index in [4.69, 9.17) is 5.84 Å². The Labute approximate surface area is 54.5 Å². The van der Waals surface area contributed by atoms with Crippen molar-refractivity contribution in [2.75, 3.05) is 5.84 Å². The van der Waals surface area contributed by atoms with Crippen LogP contribution in [-0.4, -0.2) is 9.66 Å². The monoisotopic (exact) mass is 125 g/mol. The number of hydrogen-bond acceptors (Lipinski definition) is 2. The van der Waals surface area contributed by atoms with E-state index < -0.39 is 0 Å². The molecule has 3 nitrogen and oxygen atoms in total. The van der Waals surface area contributed by atoms with Gasteiger partial charge in [0.15, 0.2) is 0 Å². The molecular weight excluding hydrogens is 114 g/mol. The van der Waals surface area contributed by atoms with Gasteiger partial charge in [-0.1, -0.05) is 6.92 Å². The molecule has 0 amide bonds. The van der Waals surface area contributed by atoms with Crippen molar-refractivity contribution in [3.05, 3.63) is 18.2 Å². The van der Waals surface area contributed by atoms with Gasteiger partial charge in [0.05, 0.1) is 0 Å². The van der Waals surface area contributed by atoms with Crippen LogP contribution in [0.4, 0.5) is 0 Å². The number of hydrogen-bond donors (Lipinski definition) is 1. The molecule has 0 saturated heterocycles. The van der Waals surface area contributed by atoms with Crippen LogP contribution in [0.5, 0.6) is 0 Å². The summed E-state index contributed by atoms with van der Waals surface area (Å²) in [7, 11) is 0. The first-order valence-electron chi connectivity index (χ1n) is 3.12. The molecule has 0 aliphatic carbocycles. The van der Waals surface area contributed by atoms with Gasteiger partial charge in [-0.05, 0) is 6.42 Å². The Morgan fingerprint density at radius 1 is 1.78 bits per heavy atom. The van der Waals surface area contributed by atoms with E-state index in [9.17, 15) is 0 Å². The smallest absolute Gasteiger partial charge is 0.127 e. The standard InChI is InChI=1S/C6H11N3/c1-2-3-6-8-4-5-9(6)7/h4-5H,2-3,7H2,1H3. The van der Waals surface area contributed by atoms with Crippen molar-refractivity contribution in [2.45, 2.75) is 19.8 Å². The molecule has 0 fully saturated rings. The van der Waals surface area contributed by atoms with Crippen molar-refractivity contribution in [2.24, 2.45) is 0 Å². The maximum atomic E-state index is 5.48. The number of rotatable bonds is 2. The zero-order valence-electron chi connectivity index (χ0n) is 5.54. The van der Waals surface area contributed by atoms with Crippen molar-refractivity contribution >= 4 is 0 Å². The third-order valence-electron chi connectivity index (χ3n) is 1.22. The highest BCUT2D eigenvalue weighted by atomic mass is 15.3. The molecule has 9 heavy (non-hydrogen) atoms. The Hall–Kier alpha value is -0.990. The fourth-order valence-electron chi connectivity index (χ4n) is 0.761. The zero-order chi connectivity index (χ0) is 6.69. The number of nitrogens with two attached hydrogens (primary N) is 1. The van der Waals surface area contributed by atoms with Crippen LogP contribution < -0.4 is 5.84 Å². The Morgan fingerprint density at radius 3 is 3.00 bits per heavy atom. The summed E-state index contributed by atoms with van der Waals surface area (Å²) in [4.78, 5) is 4.04. The summed E-state index contributed by atoms with van der Waals surface area (Å²) < 4.78 is 1.56. The van der Waals surface area contributed by atoms with Crippen LogP contribution in [0.15, 0.2) is 12.4 Å². The average molecular weight is 125 g/mol. The van der Waals surface area contributed by atoms with Crippen molar-refractivity contribution in [1.82, 2.24) is 9.66 Å². The minimum Gasteiger partial charge on any atom is -0.338 e. The molecule has 0 saturated carbocycles. The van der Waals surface area contributed by atoms with Crippen molar-refractivity contribution < 1.29 is 0 Å². The predicted molar refractivity (Wildman–Crippen MR) is 36.4 cm³/mol. The molecule has 0 spiro atoms. The first-order valence-corrected chi connectivity index (χ1v) is 3.12. The maximum absolute atomic E-state index is 5.48. The van der Waals surface area contributed by atoms with Gasteiger partial charge >= 0.3 is 0 Å². The van der Waals surface area contributed by atoms with E-state index in [1.54, 1.807) is 17.1 Å². The molecule has 0 unspecified atom stereocenters. The number of imidazole rings is 1. The van der Waals surface area contributed by atoms with E-state index in [0.717, 1.165) is 18.7 Å². The molecule has 3 heteroatoms. The first kappa shape index (κ1) is 6.13. The van der Waals surface area contributed by atoms with Gasteiger partial charge < -0.3 is 5.84 Å². The Bertz CT molecular complexity index is 180. The van der Waals surface area contributed by atoms with Crippen molar-refractivity contribution in [3.63, 3.8) is 0 Å². The fourth-order valence-corrected chi connectivity index (χ4v) is 0.761. The molecule has 0 aliphatic rings. The Balaban J connectivity index is 2.69. The minimum absolute atomic E-state index is 0.956. The number of aryl methyl sites for hydroxylation is 1. The molecule has 0 radical (unpaired) electrons. The van der Waals surface area contributed by atoms with Gasteiger partial charge in [0.1, 0.15) is 5.82 Å². The Kier molecular flexibility index (Phi) is 1.72. The summed E-state index contributed by atoms with van der Waals surface area (Å²) >= 11 is 0. The second kappa shape index (κ2) is 2.53. The lowest BCUT2D eigenvalue weighted by atomic mass is 10.3. The van der Waals surface area contributed by atoms with Crippen LogP contribution in [0.1, 0.15) is 19.2 Å². The second-order valence-electron chi connectivity index (χ2n) is 2.00. The molecule has 0 aromatic carbocycles. The summed E-state index contributed by atoms with van der Waals surface area (Å²) in [5.74, 6) is 6.44. The minimum atomic E-state index is 0.956. The largest absolute Gasteiger partial charge is 0.338 e. The molecule has 1 rings (SSSR count). The van der Waals surface area contributed by atoms with Gasteiger partial charge in [0.25, 0.3) is 0 Å². The number of aromatic nitrogens is 2. The van der Waals surface area contributed by atoms with E-state index in [1.165, 1.54) is 0 Å². The van der Waals surface area contributed by atoms with Gasteiger partial charge in [0, 0.05) is 18.8 Å². The lowest BCUT2D eigenvalue weighted by molar-refractivity contribution is 0.790. The summed E-state index contributed by atoms with van der Waals surface area (Å²) in [6, 6.07) is 0. The topological polar surface area (TPSA) is 43.8 Å². The molecular formula is C6H11N3. The predicted octanol–water partition coefficient (Wildman–Crippen LogP) is 0.549. The van der Waals surface area contributed by atoms with Crippen LogP contribution in [0, 0.1) is 0 Å². The molecule has 0 atom stereocenters. The molecule has 50 valence electrons. The van der Waals surface area contributed by atoms with Gasteiger partial charge in [-0.2, -0.15) is 0 Å². The summed E-state index contributed by atoms with van der Waals surface area (Å²) in [6.45, 7) is 2.11. The van der Waals surface area contributed by atoms with E-state index >= 15 is 0 Å². The van der Waals surface area contributed by atoms with Gasteiger partial charge in [-0.3, -0.25) is 4.68 Å². The van der Waals surface area contributed by atoms with E-state index in [2.05, 4.69) is 11.9 Å². The summed E-state index contributed by atoms with van der Waals surface area (Å²) in [6.07, 6.45) is 5.52. The highest BCUT2D eigenvalue weighted by molar-refractivity contribution is 4.91. The van der Waals surface area contributed by atoms with E-state index in [-0.39, 0.29) is 0 Å². The lowest BCUT2D eigenvalue weighted by Gasteiger charge is -1.96. The van der Waals surface area contributed by atoms with Crippen LogP contribution in [0.25, 0.3) is 0 Å². The van der Waals surface area contributed by atoms with Gasteiger partial charge in [-0.25, -0.2) is 4.98 Å². The molecule has 0 aliphatic heterocycles. The normalized spacial score (nSPS) is 9.89. The lowest BCUT2D eigenvalue weighted by Crippen LogP contribution is -2.10. The first-order chi connectivity index (χ1) is 4.34. The molecule has 1 aromatic rings. The van der Waals surface area contributed by atoms with E-state index in [0.29, 0.717) is 0 Å². The highest BCUT2D eigenvalue weighted by Crippen LogP contribution is 1.94.